The lowest BCUT2D eigenvalue weighted by Gasteiger charge is -2.33. The third kappa shape index (κ3) is 4.22. The molecule has 0 heterocycles. The molecule has 0 aliphatic rings. The molecule has 19 heavy (non-hydrogen) atoms. The summed E-state index contributed by atoms with van der Waals surface area (Å²) in [6.07, 6.45) is 2.35. The first kappa shape index (κ1) is 16.0. The van der Waals surface area contributed by atoms with Gasteiger partial charge in [0.1, 0.15) is 5.75 Å². The van der Waals surface area contributed by atoms with Crippen LogP contribution in [0.25, 0.3) is 0 Å². The molecule has 0 aliphatic carbocycles. The standard InChI is InChI=1S/C16H28N2O/c1-5-13(6-2)15(11-17)18(3)12-14-9-7-8-10-16(14)19-4/h7-10,13,15H,5-6,11-12,17H2,1-4H3. The van der Waals surface area contributed by atoms with Gasteiger partial charge in [0.05, 0.1) is 7.11 Å². The minimum absolute atomic E-state index is 0.430. The molecule has 1 aromatic carbocycles. The summed E-state index contributed by atoms with van der Waals surface area (Å²) in [4.78, 5) is 2.36. The average Bonchev–Trinajstić information content (AvgIpc) is 2.44. The normalized spacial score (nSPS) is 13.0. The second-order valence-electron chi connectivity index (χ2n) is 5.11. The number of ether oxygens (including phenoxy) is 1. The lowest BCUT2D eigenvalue weighted by Crippen LogP contribution is -2.42. The Kier molecular flexibility index (Phi) is 6.89. The third-order valence-electron chi connectivity index (χ3n) is 4.01. The molecule has 1 rings (SSSR count). The highest BCUT2D eigenvalue weighted by Gasteiger charge is 2.22. The first-order valence-corrected chi connectivity index (χ1v) is 7.20. The van der Waals surface area contributed by atoms with E-state index in [1.165, 1.54) is 18.4 Å². The van der Waals surface area contributed by atoms with E-state index in [-0.39, 0.29) is 0 Å². The summed E-state index contributed by atoms with van der Waals surface area (Å²) in [5.41, 5.74) is 7.20. The summed E-state index contributed by atoms with van der Waals surface area (Å²) in [5.74, 6) is 1.61. The van der Waals surface area contributed by atoms with E-state index in [1.54, 1.807) is 7.11 Å². The second-order valence-corrected chi connectivity index (χ2v) is 5.11. The first-order chi connectivity index (χ1) is 9.17. The van der Waals surface area contributed by atoms with E-state index in [4.69, 9.17) is 10.5 Å². The Morgan fingerprint density at radius 1 is 1.21 bits per heavy atom. The fraction of sp³-hybridized carbons (Fsp3) is 0.625. The summed E-state index contributed by atoms with van der Waals surface area (Å²) >= 11 is 0. The van der Waals surface area contributed by atoms with Crippen molar-refractivity contribution in [2.75, 3.05) is 20.7 Å². The van der Waals surface area contributed by atoms with Gasteiger partial charge in [-0.15, -0.1) is 0 Å². The van der Waals surface area contributed by atoms with Crippen LogP contribution < -0.4 is 10.5 Å². The predicted octanol–water partition coefficient (Wildman–Crippen LogP) is 2.89. The summed E-state index contributed by atoms with van der Waals surface area (Å²) in [5, 5.41) is 0. The summed E-state index contributed by atoms with van der Waals surface area (Å²) in [7, 11) is 3.88. The zero-order valence-electron chi connectivity index (χ0n) is 12.7. The fourth-order valence-corrected chi connectivity index (χ4v) is 2.78. The molecule has 1 unspecified atom stereocenters. The van der Waals surface area contributed by atoms with Crippen molar-refractivity contribution in [3.8, 4) is 5.75 Å². The molecule has 0 aromatic heterocycles. The van der Waals surface area contributed by atoms with Crippen molar-refractivity contribution in [1.29, 1.82) is 0 Å². The fourth-order valence-electron chi connectivity index (χ4n) is 2.78. The van der Waals surface area contributed by atoms with Crippen LogP contribution >= 0.6 is 0 Å². The molecular weight excluding hydrogens is 236 g/mol. The average molecular weight is 264 g/mol. The summed E-state index contributed by atoms with van der Waals surface area (Å²) in [6.45, 7) is 6.07. The smallest absolute Gasteiger partial charge is 0.123 e. The Hall–Kier alpha value is -1.06. The minimum atomic E-state index is 0.430. The van der Waals surface area contributed by atoms with Crippen molar-refractivity contribution in [2.24, 2.45) is 11.7 Å². The lowest BCUT2D eigenvalue weighted by atomic mass is 9.93. The highest BCUT2D eigenvalue weighted by atomic mass is 16.5. The predicted molar refractivity (Wildman–Crippen MR) is 81.4 cm³/mol. The van der Waals surface area contributed by atoms with Crippen molar-refractivity contribution in [3.05, 3.63) is 29.8 Å². The van der Waals surface area contributed by atoms with Crippen LogP contribution in [0.4, 0.5) is 0 Å². The van der Waals surface area contributed by atoms with Crippen LogP contribution in [-0.2, 0) is 6.54 Å². The van der Waals surface area contributed by atoms with Crippen molar-refractivity contribution < 1.29 is 4.74 Å². The van der Waals surface area contributed by atoms with Gasteiger partial charge in [0.2, 0.25) is 0 Å². The summed E-state index contributed by atoms with van der Waals surface area (Å²) in [6, 6.07) is 8.62. The van der Waals surface area contributed by atoms with Gasteiger partial charge in [0.15, 0.2) is 0 Å². The first-order valence-electron chi connectivity index (χ1n) is 7.20. The molecular formula is C16H28N2O. The molecule has 0 radical (unpaired) electrons. The molecule has 3 nitrogen and oxygen atoms in total. The van der Waals surface area contributed by atoms with Gasteiger partial charge in [0, 0.05) is 24.7 Å². The highest BCUT2D eigenvalue weighted by Crippen LogP contribution is 2.23. The van der Waals surface area contributed by atoms with Crippen molar-refractivity contribution >= 4 is 0 Å². The van der Waals surface area contributed by atoms with E-state index < -0.39 is 0 Å². The van der Waals surface area contributed by atoms with Crippen LogP contribution in [-0.4, -0.2) is 31.6 Å². The van der Waals surface area contributed by atoms with E-state index in [9.17, 15) is 0 Å². The number of likely N-dealkylation sites (N-methyl/N-ethyl adjacent to an activating group) is 1. The molecule has 108 valence electrons. The van der Waals surface area contributed by atoms with E-state index in [2.05, 4.69) is 37.9 Å². The molecule has 0 saturated heterocycles. The molecule has 3 heteroatoms. The third-order valence-corrected chi connectivity index (χ3v) is 4.01. The number of para-hydroxylation sites is 1. The van der Waals surface area contributed by atoms with Gasteiger partial charge in [-0.1, -0.05) is 44.9 Å². The Morgan fingerprint density at radius 2 is 1.84 bits per heavy atom. The Labute approximate surface area is 117 Å². The van der Waals surface area contributed by atoms with Crippen molar-refractivity contribution in [2.45, 2.75) is 39.3 Å². The van der Waals surface area contributed by atoms with Crippen LogP contribution in [0.15, 0.2) is 24.3 Å². The quantitative estimate of drug-likeness (QED) is 0.784. The minimum Gasteiger partial charge on any atom is -0.496 e. The SMILES string of the molecule is CCC(CC)C(CN)N(C)Cc1ccccc1OC. The number of hydrogen-bond donors (Lipinski definition) is 1. The molecule has 1 atom stereocenters. The van der Waals surface area contributed by atoms with E-state index in [1.807, 2.05) is 12.1 Å². The number of nitrogens with two attached hydrogens (primary N) is 1. The molecule has 0 spiro atoms. The van der Waals surface area contributed by atoms with Crippen LogP contribution in [0.3, 0.4) is 0 Å². The monoisotopic (exact) mass is 264 g/mol. The Balaban J connectivity index is 2.78. The summed E-state index contributed by atoms with van der Waals surface area (Å²) < 4.78 is 5.41. The maximum atomic E-state index is 5.98. The van der Waals surface area contributed by atoms with Gasteiger partial charge in [-0.3, -0.25) is 4.90 Å². The molecule has 0 aliphatic heterocycles. The number of rotatable bonds is 8. The van der Waals surface area contributed by atoms with Crippen LogP contribution in [0.2, 0.25) is 0 Å². The maximum absolute atomic E-state index is 5.98. The Bertz CT molecular complexity index is 364. The molecule has 0 bridgehead atoms. The van der Waals surface area contributed by atoms with Gasteiger partial charge >= 0.3 is 0 Å². The highest BCUT2D eigenvalue weighted by molar-refractivity contribution is 5.33. The zero-order chi connectivity index (χ0) is 14.3. The second kappa shape index (κ2) is 8.18. The van der Waals surface area contributed by atoms with E-state index in [0.717, 1.165) is 12.3 Å². The van der Waals surface area contributed by atoms with E-state index >= 15 is 0 Å². The molecule has 0 amide bonds. The van der Waals surface area contributed by atoms with Crippen molar-refractivity contribution in [1.82, 2.24) is 4.90 Å². The van der Waals surface area contributed by atoms with Gasteiger partial charge < -0.3 is 10.5 Å². The molecule has 2 N–H and O–H groups in total. The van der Waals surface area contributed by atoms with Crippen molar-refractivity contribution in [3.63, 3.8) is 0 Å². The number of methoxy groups -OCH3 is 1. The van der Waals surface area contributed by atoms with Crippen LogP contribution in [0, 0.1) is 5.92 Å². The van der Waals surface area contributed by atoms with Gasteiger partial charge in [0.25, 0.3) is 0 Å². The molecule has 0 fully saturated rings. The van der Waals surface area contributed by atoms with Crippen LogP contribution in [0.1, 0.15) is 32.3 Å². The number of hydrogen-bond acceptors (Lipinski definition) is 3. The van der Waals surface area contributed by atoms with Gasteiger partial charge in [-0.05, 0) is 19.0 Å². The Morgan fingerprint density at radius 3 is 2.37 bits per heavy atom. The van der Waals surface area contributed by atoms with Gasteiger partial charge in [-0.25, -0.2) is 0 Å². The van der Waals surface area contributed by atoms with Crippen LogP contribution in [0.5, 0.6) is 5.75 Å². The largest absolute Gasteiger partial charge is 0.496 e. The number of benzene rings is 1. The number of nitrogens with zero attached hydrogens (tertiary/aromatic N) is 1. The maximum Gasteiger partial charge on any atom is 0.123 e. The van der Waals surface area contributed by atoms with E-state index in [0.29, 0.717) is 18.5 Å². The molecule has 0 saturated carbocycles. The lowest BCUT2D eigenvalue weighted by molar-refractivity contribution is 0.164. The molecule has 1 aromatic rings. The zero-order valence-corrected chi connectivity index (χ0v) is 12.7. The topological polar surface area (TPSA) is 38.5 Å². The van der Waals surface area contributed by atoms with Gasteiger partial charge in [-0.2, -0.15) is 0 Å².